The third kappa shape index (κ3) is 4.80. The Morgan fingerprint density at radius 3 is 2.69 bits per heavy atom. The minimum absolute atomic E-state index is 0.105. The molecule has 2 aromatic carbocycles. The summed E-state index contributed by atoms with van der Waals surface area (Å²) in [5.74, 6) is 0.677. The first-order chi connectivity index (χ1) is 12.7. The number of ether oxygens (including phenoxy) is 1. The van der Waals surface area contributed by atoms with Crippen LogP contribution in [0.5, 0.6) is 5.75 Å². The van der Waals surface area contributed by atoms with Crippen LogP contribution < -0.4 is 10.1 Å². The molecule has 0 aliphatic rings. The Morgan fingerprint density at radius 2 is 1.96 bits per heavy atom. The normalized spacial score (nSPS) is 10.7. The van der Waals surface area contributed by atoms with Gasteiger partial charge in [-0.15, -0.1) is 0 Å². The first kappa shape index (κ1) is 17.4. The zero-order chi connectivity index (χ0) is 18.2. The lowest BCUT2D eigenvalue weighted by Crippen LogP contribution is -2.11. The van der Waals surface area contributed by atoms with Crippen LogP contribution in [-0.4, -0.2) is 10.9 Å². The van der Waals surface area contributed by atoms with E-state index in [9.17, 15) is 4.79 Å². The van der Waals surface area contributed by atoms with Crippen molar-refractivity contribution in [2.24, 2.45) is 0 Å². The Labute approximate surface area is 153 Å². The third-order valence-electron chi connectivity index (χ3n) is 3.80. The van der Waals surface area contributed by atoms with E-state index in [2.05, 4.69) is 10.3 Å². The number of aromatic nitrogens is 1. The standard InChI is InChI=1S/C22H20N2O2/c1-17(25)24-13-11-19-9-10-21(26-16-18-6-3-2-4-7-18)14-22(19)20-8-5-12-23-15-20/h2-15H,16H2,1H3,(H,24,25). The van der Waals surface area contributed by atoms with Gasteiger partial charge in [0.15, 0.2) is 0 Å². The SMILES string of the molecule is CC(=O)NC=Cc1ccc(OCc2ccccc2)cc1-c1cccnc1. The van der Waals surface area contributed by atoms with E-state index in [4.69, 9.17) is 4.74 Å². The molecular weight excluding hydrogens is 324 g/mol. The van der Waals surface area contributed by atoms with E-state index in [1.54, 1.807) is 12.4 Å². The quantitative estimate of drug-likeness (QED) is 0.719. The first-order valence-electron chi connectivity index (χ1n) is 8.37. The lowest BCUT2D eigenvalue weighted by Gasteiger charge is -2.11. The van der Waals surface area contributed by atoms with Gasteiger partial charge in [-0.25, -0.2) is 0 Å². The van der Waals surface area contributed by atoms with Crippen molar-refractivity contribution in [2.75, 3.05) is 0 Å². The molecule has 3 aromatic rings. The average molecular weight is 344 g/mol. The van der Waals surface area contributed by atoms with E-state index in [0.717, 1.165) is 28.0 Å². The second-order valence-corrected chi connectivity index (χ2v) is 5.80. The fraction of sp³-hybridized carbons (Fsp3) is 0.0909. The number of carbonyl (C=O) groups excluding carboxylic acids is 1. The lowest BCUT2D eigenvalue weighted by atomic mass is 10.0. The van der Waals surface area contributed by atoms with Crippen LogP contribution in [0, 0.1) is 0 Å². The van der Waals surface area contributed by atoms with Crippen molar-refractivity contribution >= 4 is 12.0 Å². The molecule has 0 bridgehead atoms. The molecule has 0 saturated heterocycles. The monoisotopic (exact) mass is 344 g/mol. The maximum atomic E-state index is 11.1. The molecule has 0 aliphatic heterocycles. The summed E-state index contributed by atoms with van der Waals surface area (Å²) in [4.78, 5) is 15.3. The van der Waals surface area contributed by atoms with Crippen molar-refractivity contribution < 1.29 is 9.53 Å². The van der Waals surface area contributed by atoms with Crippen molar-refractivity contribution in [2.45, 2.75) is 13.5 Å². The molecule has 3 rings (SSSR count). The number of nitrogens with zero attached hydrogens (tertiary/aromatic N) is 1. The maximum absolute atomic E-state index is 11.1. The van der Waals surface area contributed by atoms with E-state index in [0.29, 0.717) is 6.61 Å². The van der Waals surface area contributed by atoms with E-state index in [1.807, 2.05) is 72.9 Å². The molecule has 0 aliphatic carbocycles. The minimum atomic E-state index is -0.105. The van der Waals surface area contributed by atoms with Crippen molar-refractivity contribution in [3.63, 3.8) is 0 Å². The Morgan fingerprint density at radius 1 is 1.12 bits per heavy atom. The van der Waals surface area contributed by atoms with Gasteiger partial charge in [0, 0.05) is 31.1 Å². The molecule has 0 fully saturated rings. The average Bonchev–Trinajstić information content (AvgIpc) is 2.68. The number of rotatable bonds is 6. The van der Waals surface area contributed by atoms with E-state index < -0.39 is 0 Å². The number of carbonyl (C=O) groups is 1. The molecule has 0 radical (unpaired) electrons. The molecule has 1 heterocycles. The van der Waals surface area contributed by atoms with Crippen LogP contribution in [0.4, 0.5) is 0 Å². The van der Waals surface area contributed by atoms with Crippen LogP contribution in [0.3, 0.4) is 0 Å². The molecule has 0 saturated carbocycles. The molecule has 0 spiro atoms. The summed E-state index contributed by atoms with van der Waals surface area (Å²) < 4.78 is 5.94. The number of pyridine rings is 1. The van der Waals surface area contributed by atoms with Gasteiger partial charge in [0.05, 0.1) is 0 Å². The molecule has 26 heavy (non-hydrogen) atoms. The van der Waals surface area contributed by atoms with Crippen molar-refractivity contribution in [3.05, 3.63) is 90.4 Å². The number of benzene rings is 2. The molecule has 4 nitrogen and oxygen atoms in total. The zero-order valence-electron chi connectivity index (χ0n) is 14.6. The summed E-state index contributed by atoms with van der Waals surface area (Å²) >= 11 is 0. The maximum Gasteiger partial charge on any atom is 0.220 e. The highest BCUT2D eigenvalue weighted by Gasteiger charge is 2.06. The van der Waals surface area contributed by atoms with Gasteiger partial charge in [0.1, 0.15) is 12.4 Å². The summed E-state index contributed by atoms with van der Waals surface area (Å²) in [6.07, 6.45) is 7.06. The number of hydrogen-bond donors (Lipinski definition) is 1. The van der Waals surface area contributed by atoms with Gasteiger partial charge in [-0.05, 0) is 41.0 Å². The van der Waals surface area contributed by atoms with Gasteiger partial charge in [0.25, 0.3) is 0 Å². The summed E-state index contributed by atoms with van der Waals surface area (Å²) in [5.41, 5.74) is 4.06. The molecule has 0 atom stereocenters. The predicted octanol–water partition coefficient (Wildman–Crippen LogP) is 4.43. The topological polar surface area (TPSA) is 51.2 Å². The fourth-order valence-corrected chi connectivity index (χ4v) is 2.53. The van der Waals surface area contributed by atoms with Crippen molar-refractivity contribution in [1.82, 2.24) is 10.3 Å². The van der Waals surface area contributed by atoms with Gasteiger partial charge in [-0.2, -0.15) is 0 Å². The Kier molecular flexibility index (Phi) is 5.78. The zero-order valence-corrected chi connectivity index (χ0v) is 14.6. The highest BCUT2D eigenvalue weighted by molar-refractivity contribution is 5.78. The van der Waals surface area contributed by atoms with Crippen LogP contribution >= 0.6 is 0 Å². The van der Waals surface area contributed by atoms with Crippen LogP contribution in [0.15, 0.2) is 79.3 Å². The molecule has 130 valence electrons. The van der Waals surface area contributed by atoms with Crippen LogP contribution in [-0.2, 0) is 11.4 Å². The highest BCUT2D eigenvalue weighted by atomic mass is 16.5. The number of hydrogen-bond acceptors (Lipinski definition) is 3. The molecule has 1 amide bonds. The minimum Gasteiger partial charge on any atom is -0.489 e. The number of amides is 1. The smallest absolute Gasteiger partial charge is 0.220 e. The Hall–Kier alpha value is -3.40. The summed E-state index contributed by atoms with van der Waals surface area (Å²) in [5, 5.41) is 2.67. The van der Waals surface area contributed by atoms with Gasteiger partial charge in [0.2, 0.25) is 5.91 Å². The Bertz CT molecular complexity index is 891. The fourth-order valence-electron chi connectivity index (χ4n) is 2.53. The largest absolute Gasteiger partial charge is 0.489 e. The first-order valence-corrected chi connectivity index (χ1v) is 8.37. The summed E-state index contributed by atoms with van der Waals surface area (Å²) in [7, 11) is 0. The highest BCUT2D eigenvalue weighted by Crippen LogP contribution is 2.29. The molecule has 0 unspecified atom stereocenters. The van der Waals surface area contributed by atoms with E-state index >= 15 is 0 Å². The Balaban J connectivity index is 1.86. The van der Waals surface area contributed by atoms with Crippen LogP contribution in [0.1, 0.15) is 18.1 Å². The second kappa shape index (κ2) is 8.62. The van der Waals surface area contributed by atoms with Crippen molar-refractivity contribution in [3.8, 4) is 16.9 Å². The summed E-state index contributed by atoms with van der Waals surface area (Å²) in [6, 6.07) is 19.8. The van der Waals surface area contributed by atoms with Crippen LogP contribution in [0.2, 0.25) is 0 Å². The van der Waals surface area contributed by atoms with Gasteiger partial charge in [-0.3, -0.25) is 9.78 Å². The molecule has 1 N–H and O–H groups in total. The van der Waals surface area contributed by atoms with Gasteiger partial charge in [-0.1, -0.05) is 42.5 Å². The van der Waals surface area contributed by atoms with Crippen LogP contribution in [0.25, 0.3) is 17.2 Å². The van der Waals surface area contributed by atoms with Gasteiger partial charge >= 0.3 is 0 Å². The third-order valence-corrected chi connectivity index (χ3v) is 3.80. The predicted molar refractivity (Wildman–Crippen MR) is 103 cm³/mol. The number of nitrogens with one attached hydrogen (secondary N) is 1. The van der Waals surface area contributed by atoms with E-state index in [1.165, 1.54) is 6.92 Å². The molecule has 4 heteroatoms. The summed E-state index contributed by atoms with van der Waals surface area (Å²) in [6.45, 7) is 1.99. The van der Waals surface area contributed by atoms with Gasteiger partial charge < -0.3 is 10.1 Å². The lowest BCUT2D eigenvalue weighted by molar-refractivity contribution is -0.118. The second-order valence-electron chi connectivity index (χ2n) is 5.80. The molecular formula is C22H20N2O2. The van der Waals surface area contributed by atoms with Crippen molar-refractivity contribution in [1.29, 1.82) is 0 Å². The van der Waals surface area contributed by atoms with E-state index in [-0.39, 0.29) is 5.91 Å². The molecule has 1 aromatic heterocycles.